The van der Waals surface area contributed by atoms with Gasteiger partial charge in [-0.1, -0.05) is 12.1 Å². The van der Waals surface area contributed by atoms with Crippen molar-refractivity contribution in [3.05, 3.63) is 53.1 Å². The van der Waals surface area contributed by atoms with Crippen LogP contribution in [0.1, 0.15) is 44.0 Å². The summed E-state index contributed by atoms with van der Waals surface area (Å²) in [4.78, 5) is 18.7. The highest BCUT2D eigenvalue weighted by Crippen LogP contribution is 2.29. The maximum Gasteiger partial charge on any atom is 0.153 e. The van der Waals surface area contributed by atoms with Gasteiger partial charge < -0.3 is 9.88 Å². The smallest absolute Gasteiger partial charge is 0.153 e. The van der Waals surface area contributed by atoms with Gasteiger partial charge in [0.05, 0.1) is 23.9 Å². The Hall–Kier alpha value is -2.69. The fourth-order valence-corrected chi connectivity index (χ4v) is 4.85. The van der Waals surface area contributed by atoms with Gasteiger partial charge in [-0.3, -0.25) is 4.90 Å². The van der Waals surface area contributed by atoms with Crippen LogP contribution in [0.25, 0.3) is 15.9 Å². The predicted molar refractivity (Wildman–Crippen MR) is 117 cm³/mol. The number of hydrogen-bond acceptors (Lipinski definition) is 6. The van der Waals surface area contributed by atoms with E-state index >= 15 is 0 Å². The van der Waals surface area contributed by atoms with Gasteiger partial charge in [0.1, 0.15) is 4.83 Å². The Morgan fingerprint density at radius 3 is 3.03 bits per heavy atom. The summed E-state index contributed by atoms with van der Waals surface area (Å²) in [5.41, 5.74) is 3.10. The van der Waals surface area contributed by atoms with Crippen molar-refractivity contribution in [3.8, 4) is 6.07 Å². The quantitative estimate of drug-likeness (QED) is 0.687. The van der Waals surface area contributed by atoms with Gasteiger partial charge in [0.2, 0.25) is 0 Å². The number of aromatic amines is 1. The molecule has 4 heterocycles. The minimum atomic E-state index is 0.283. The van der Waals surface area contributed by atoms with Crippen molar-refractivity contribution in [2.24, 2.45) is 0 Å². The first-order valence-corrected chi connectivity index (χ1v) is 10.9. The minimum absolute atomic E-state index is 0.283. The molecule has 2 atom stereocenters. The Morgan fingerprint density at radius 2 is 2.28 bits per heavy atom. The van der Waals surface area contributed by atoms with Gasteiger partial charge >= 0.3 is 0 Å². The first-order valence-electron chi connectivity index (χ1n) is 10.0. The normalized spacial score (nSPS) is 19.4. The molecule has 3 aromatic heterocycles. The van der Waals surface area contributed by atoms with Crippen LogP contribution in [0, 0.1) is 11.3 Å². The third-order valence-corrected chi connectivity index (χ3v) is 6.52. The number of nitrogens with zero attached hydrogens (tertiary/aromatic N) is 5. The van der Waals surface area contributed by atoms with E-state index in [4.69, 9.17) is 10.2 Å². The van der Waals surface area contributed by atoms with E-state index in [9.17, 15) is 0 Å². The summed E-state index contributed by atoms with van der Waals surface area (Å²) >= 11 is 1.70. The number of fused-ring (bicyclic) bond motifs is 1. The van der Waals surface area contributed by atoms with Crippen molar-refractivity contribution in [2.75, 3.05) is 19.6 Å². The van der Waals surface area contributed by atoms with Crippen LogP contribution in [0.4, 0.5) is 0 Å². The molecule has 2 unspecified atom stereocenters. The number of hydrogen-bond donors (Lipinski definition) is 1. The van der Waals surface area contributed by atoms with Gasteiger partial charge in [-0.25, -0.2) is 9.97 Å². The molecule has 3 aromatic rings. The predicted octanol–water partition coefficient (Wildman–Crippen LogP) is 4.21. The molecule has 0 saturated carbocycles. The van der Waals surface area contributed by atoms with E-state index in [1.165, 1.54) is 5.39 Å². The molecule has 0 amide bonds. The number of piperazine rings is 1. The van der Waals surface area contributed by atoms with Crippen molar-refractivity contribution >= 4 is 27.3 Å². The lowest BCUT2D eigenvalue weighted by Gasteiger charge is -2.44. The van der Waals surface area contributed by atoms with Crippen LogP contribution in [0.3, 0.4) is 0 Å². The fourth-order valence-electron chi connectivity index (χ4n) is 4.08. The first kappa shape index (κ1) is 19.6. The summed E-state index contributed by atoms with van der Waals surface area (Å²) in [5.74, 6) is 0.843. The van der Waals surface area contributed by atoms with Gasteiger partial charge in [-0.05, 0) is 38.3 Å². The molecule has 1 N–H and O–H groups in total. The second-order valence-electron chi connectivity index (χ2n) is 7.53. The topological polar surface area (TPSA) is 71.8 Å². The maximum absolute atomic E-state index is 8.90. The Bertz CT molecular complexity index is 1060. The molecular formula is C22H26N6S. The van der Waals surface area contributed by atoms with Crippen molar-refractivity contribution in [2.45, 2.75) is 39.3 Å². The molecule has 6 nitrogen and oxygen atoms in total. The lowest BCUT2D eigenvalue weighted by atomic mass is 10.1. The number of nitrogens with one attached hydrogen (secondary N) is 1. The highest BCUT2D eigenvalue weighted by Gasteiger charge is 2.30. The van der Waals surface area contributed by atoms with E-state index in [-0.39, 0.29) is 6.04 Å². The van der Waals surface area contributed by atoms with Crippen LogP contribution in [0.2, 0.25) is 0 Å². The monoisotopic (exact) mass is 406 g/mol. The van der Waals surface area contributed by atoms with Gasteiger partial charge in [0.15, 0.2) is 5.82 Å². The summed E-state index contributed by atoms with van der Waals surface area (Å²) in [7, 11) is 0. The zero-order valence-electron chi connectivity index (χ0n) is 17.1. The molecule has 0 spiro atoms. The van der Waals surface area contributed by atoms with Gasteiger partial charge in [0.25, 0.3) is 0 Å². The van der Waals surface area contributed by atoms with Gasteiger partial charge in [-0.2, -0.15) is 5.26 Å². The minimum Gasteiger partial charge on any atom is -0.364 e. The summed E-state index contributed by atoms with van der Waals surface area (Å²) in [6.45, 7) is 9.43. The molecule has 29 heavy (non-hydrogen) atoms. The van der Waals surface area contributed by atoms with Crippen LogP contribution in [-0.2, 0) is 6.42 Å². The molecule has 1 aliphatic rings. The van der Waals surface area contributed by atoms with Crippen molar-refractivity contribution in [3.63, 3.8) is 0 Å². The van der Waals surface area contributed by atoms with Crippen LogP contribution < -0.4 is 0 Å². The maximum atomic E-state index is 8.90. The average molecular weight is 407 g/mol. The molecule has 0 radical (unpaired) electrons. The summed E-state index contributed by atoms with van der Waals surface area (Å²) < 4.78 is 0. The number of thiophene rings is 1. The molecule has 1 fully saturated rings. The standard InChI is InChI=1S/C22H26N6S/c1-4-20(21-24-13-18(25-21)7-9-23)28-11-10-27(14-15(28)2)16(3)19-6-5-17-8-12-29-22(17)26-19/h4-6,8,12-13,15-16H,7,10-11,14H2,1-3H3,(H,24,25)/b20-4+. The van der Waals surface area contributed by atoms with Crippen molar-refractivity contribution in [1.29, 1.82) is 5.26 Å². The summed E-state index contributed by atoms with van der Waals surface area (Å²) in [5, 5.41) is 12.2. The van der Waals surface area contributed by atoms with E-state index in [2.05, 4.69) is 69.3 Å². The van der Waals surface area contributed by atoms with Crippen molar-refractivity contribution in [1.82, 2.24) is 24.8 Å². The first-order chi connectivity index (χ1) is 14.1. The zero-order chi connectivity index (χ0) is 20.4. The molecule has 0 bridgehead atoms. The molecule has 1 saturated heterocycles. The summed E-state index contributed by atoms with van der Waals surface area (Å²) in [6.07, 6.45) is 4.22. The second-order valence-corrected chi connectivity index (χ2v) is 8.42. The lowest BCUT2D eigenvalue weighted by Crippen LogP contribution is -2.51. The Morgan fingerprint density at radius 1 is 1.41 bits per heavy atom. The van der Waals surface area contributed by atoms with E-state index in [1.54, 1.807) is 17.5 Å². The molecule has 1 aliphatic heterocycles. The molecule has 0 aromatic carbocycles. The number of rotatable bonds is 5. The number of allylic oxidation sites excluding steroid dienone is 1. The Labute approximate surface area is 175 Å². The van der Waals surface area contributed by atoms with Crippen LogP contribution in [-0.4, -0.2) is 50.4 Å². The number of imidazole rings is 1. The average Bonchev–Trinajstić information content (AvgIpc) is 3.38. The summed E-state index contributed by atoms with van der Waals surface area (Å²) in [6, 6.07) is 9.27. The molecular weight excluding hydrogens is 380 g/mol. The third-order valence-electron chi connectivity index (χ3n) is 5.70. The zero-order valence-corrected chi connectivity index (χ0v) is 17.9. The highest BCUT2D eigenvalue weighted by atomic mass is 32.1. The highest BCUT2D eigenvalue weighted by molar-refractivity contribution is 7.16. The Kier molecular flexibility index (Phi) is 5.65. The number of aromatic nitrogens is 3. The number of nitriles is 1. The second kappa shape index (κ2) is 8.36. The van der Waals surface area contributed by atoms with Crippen molar-refractivity contribution < 1.29 is 0 Å². The van der Waals surface area contributed by atoms with E-state index in [0.717, 1.165) is 47.4 Å². The number of H-pyrrole nitrogens is 1. The third kappa shape index (κ3) is 3.91. The SMILES string of the molecule is C/C=C(\c1ncc(CC#N)[nH]1)N1CCN(C(C)c2ccc3ccsc3n2)CC1C. The van der Waals surface area contributed by atoms with Gasteiger partial charge in [0, 0.05) is 49.0 Å². The van der Waals surface area contributed by atoms with Crippen LogP contribution in [0.15, 0.2) is 35.9 Å². The fraction of sp³-hybridized carbons (Fsp3) is 0.409. The van der Waals surface area contributed by atoms with Crippen LogP contribution >= 0.6 is 11.3 Å². The molecule has 150 valence electrons. The van der Waals surface area contributed by atoms with E-state index < -0.39 is 0 Å². The lowest BCUT2D eigenvalue weighted by molar-refractivity contribution is 0.0948. The molecule has 7 heteroatoms. The van der Waals surface area contributed by atoms with E-state index in [0.29, 0.717) is 12.5 Å². The largest absolute Gasteiger partial charge is 0.364 e. The van der Waals surface area contributed by atoms with Crippen LogP contribution in [0.5, 0.6) is 0 Å². The Balaban J connectivity index is 1.47. The van der Waals surface area contributed by atoms with E-state index in [1.807, 2.05) is 6.92 Å². The number of pyridine rings is 1. The molecule has 0 aliphatic carbocycles. The van der Waals surface area contributed by atoms with Gasteiger partial charge in [-0.15, -0.1) is 11.3 Å². The molecule has 4 rings (SSSR count).